The molecule has 4 nitrogen and oxygen atoms in total. The molecule has 0 fully saturated rings. The fraction of sp³-hybridized carbons (Fsp3) is 0.250. The molecule has 0 saturated carbocycles. The van der Waals surface area contributed by atoms with Crippen molar-refractivity contribution in [3.05, 3.63) is 41.6 Å². The molecule has 0 aliphatic carbocycles. The molecule has 1 heterocycles. The molecule has 2 rings (SSSR count). The molecule has 0 saturated heterocycles. The maximum Gasteiger partial charge on any atom is 0.223 e. The number of rotatable bonds is 3. The van der Waals surface area contributed by atoms with Gasteiger partial charge in [-0.3, -0.25) is 9.59 Å². The zero-order valence-corrected chi connectivity index (χ0v) is 11.3. The van der Waals surface area contributed by atoms with Crippen molar-refractivity contribution in [3.8, 4) is 12.3 Å². The number of amides is 2. The maximum atomic E-state index is 11.9. The van der Waals surface area contributed by atoms with Crippen molar-refractivity contribution in [1.29, 1.82) is 0 Å². The van der Waals surface area contributed by atoms with Gasteiger partial charge in [0.15, 0.2) is 0 Å². The maximum absolute atomic E-state index is 11.9. The smallest absolute Gasteiger partial charge is 0.223 e. The second-order valence-electron chi connectivity index (χ2n) is 4.57. The molecule has 2 amide bonds. The van der Waals surface area contributed by atoms with Crippen molar-refractivity contribution in [1.82, 2.24) is 10.2 Å². The van der Waals surface area contributed by atoms with E-state index in [1.54, 1.807) is 11.1 Å². The lowest BCUT2D eigenvalue weighted by Crippen LogP contribution is -2.35. The molecule has 102 valence electrons. The van der Waals surface area contributed by atoms with Crippen molar-refractivity contribution in [2.75, 3.05) is 6.54 Å². The summed E-state index contributed by atoms with van der Waals surface area (Å²) in [5.74, 6) is 2.11. The summed E-state index contributed by atoms with van der Waals surface area (Å²) in [5, 5.41) is 2.63. The van der Waals surface area contributed by atoms with Gasteiger partial charge < -0.3 is 10.2 Å². The van der Waals surface area contributed by atoms with Crippen LogP contribution in [0.15, 0.2) is 30.5 Å². The van der Waals surface area contributed by atoms with Crippen LogP contribution in [0.5, 0.6) is 0 Å². The Morgan fingerprint density at radius 2 is 2.15 bits per heavy atom. The number of carbonyl (C=O) groups excluding carboxylic acids is 2. The highest BCUT2D eigenvalue weighted by Crippen LogP contribution is 2.32. The molecule has 1 aromatic carbocycles. The molecule has 20 heavy (non-hydrogen) atoms. The Hall–Kier alpha value is -2.54. The molecule has 1 aliphatic rings. The largest absolute Gasteiger partial charge is 0.345 e. The van der Waals surface area contributed by atoms with Crippen LogP contribution in [0.25, 0.3) is 6.08 Å². The van der Waals surface area contributed by atoms with E-state index < -0.39 is 0 Å². The normalized spacial score (nSPS) is 16.2. The number of fused-ring (bicyclic) bond motifs is 1. The number of nitrogens with zero attached hydrogens (tertiary/aromatic N) is 1. The summed E-state index contributed by atoms with van der Waals surface area (Å²) < 4.78 is 0. The van der Waals surface area contributed by atoms with Crippen LogP contribution in [-0.2, 0) is 9.59 Å². The molecular formula is C16H16N2O2. The third-order valence-corrected chi connectivity index (χ3v) is 3.24. The van der Waals surface area contributed by atoms with E-state index >= 15 is 0 Å². The summed E-state index contributed by atoms with van der Waals surface area (Å²) >= 11 is 0. The summed E-state index contributed by atoms with van der Waals surface area (Å²) in [6.07, 6.45) is 8.93. The van der Waals surface area contributed by atoms with E-state index in [0.717, 1.165) is 11.1 Å². The molecule has 0 radical (unpaired) electrons. The first-order valence-electron chi connectivity index (χ1n) is 6.39. The first-order valence-corrected chi connectivity index (χ1v) is 6.39. The molecule has 1 N–H and O–H groups in total. The second-order valence-corrected chi connectivity index (χ2v) is 4.57. The third-order valence-electron chi connectivity index (χ3n) is 3.24. The molecule has 0 bridgehead atoms. The molecule has 1 aromatic rings. The van der Waals surface area contributed by atoms with E-state index in [0.29, 0.717) is 0 Å². The molecule has 0 spiro atoms. The van der Waals surface area contributed by atoms with Gasteiger partial charge in [-0.05, 0) is 17.2 Å². The number of hydrogen-bond donors (Lipinski definition) is 1. The van der Waals surface area contributed by atoms with Crippen molar-refractivity contribution in [3.63, 3.8) is 0 Å². The second kappa shape index (κ2) is 6.07. The minimum absolute atomic E-state index is 0.0921. The number of nitrogens with one attached hydrogen (secondary N) is 1. The van der Waals surface area contributed by atoms with Crippen molar-refractivity contribution in [2.45, 2.75) is 19.4 Å². The highest BCUT2D eigenvalue weighted by atomic mass is 16.2. The highest BCUT2D eigenvalue weighted by Gasteiger charge is 2.27. The number of hydrogen-bond acceptors (Lipinski definition) is 2. The van der Waals surface area contributed by atoms with Gasteiger partial charge in [0.1, 0.15) is 0 Å². The first kappa shape index (κ1) is 13.9. The Kier molecular flexibility index (Phi) is 4.21. The first-order chi connectivity index (χ1) is 9.63. The quantitative estimate of drug-likeness (QED) is 0.848. The van der Waals surface area contributed by atoms with Gasteiger partial charge in [-0.2, -0.15) is 0 Å². The molecule has 4 heteroatoms. The molecule has 0 aromatic heterocycles. The molecule has 1 aliphatic heterocycles. The van der Waals surface area contributed by atoms with Crippen LogP contribution in [0.1, 0.15) is 30.5 Å². The fourth-order valence-corrected chi connectivity index (χ4v) is 2.31. The minimum Gasteiger partial charge on any atom is -0.345 e. The predicted octanol–water partition coefficient (Wildman–Crippen LogP) is 1.70. The Labute approximate surface area is 118 Å². The fourth-order valence-electron chi connectivity index (χ4n) is 2.31. The van der Waals surface area contributed by atoms with E-state index in [9.17, 15) is 9.59 Å². The SMILES string of the molecule is C#CCNC(=O)CC1c2ccccc2C=CN1C(C)=O. The van der Waals surface area contributed by atoms with Crippen LogP contribution < -0.4 is 5.32 Å². The van der Waals surface area contributed by atoms with Gasteiger partial charge in [-0.15, -0.1) is 6.42 Å². The van der Waals surface area contributed by atoms with Gasteiger partial charge in [0, 0.05) is 13.1 Å². The van der Waals surface area contributed by atoms with Gasteiger partial charge in [-0.1, -0.05) is 30.2 Å². The Morgan fingerprint density at radius 3 is 2.85 bits per heavy atom. The van der Waals surface area contributed by atoms with Crippen LogP contribution in [-0.4, -0.2) is 23.3 Å². The zero-order valence-electron chi connectivity index (χ0n) is 11.3. The van der Waals surface area contributed by atoms with Crippen LogP contribution in [0.4, 0.5) is 0 Å². The van der Waals surface area contributed by atoms with Gasteiger partial charge in [0.05, 0.1) is 19.0 Å². The van der Waals surface area contributed by atoms with Crippen molar-refractivity contribution >= 4 is 17.9 Å². The van der Waals surface area contributed by atoms with E-state index in [4.69, 9.17) is 6.42 Å². The van der Waals surface area contributed by atoms with E-state index in [2.05, 4.69) is 11.2 Å². The summed E-state index contributed by atoms with van der Waals surface area (Å²) in [7, 11) is 0. The summed E-state index contributed by atoms with van der Waals surface area (Å²) in [5.41, 5.74) is 2.00. The number of terminal acetylenes is 1. The van der Waals surface area contributed by atoms with Crippen LogP contribution in [0, 0.1) is 12.3 Å². The molecular weight excluding hydrogens is 252 g/mol. The van der Waals surface area contributed by atoms with Crippen LogP contribution in [0.3, 0.4) is 0 Å². The van der Waals surface area contributed by atoms with Gasteiger partial charge in [0.25, 0.3) is 0 Å². The monoisotopic (exact) mass is 268 g/mol. The van der Waals surface area contributed by atoms with E-state index in [-0.39, 0.29) is 30.8 Å². The summed E-state index contributed by atoms with van der Waals surface area (Å²) in [6, 6.07) is 7.46. The lowest BCUT2D eigenvalue weighted by molar-refractivity contribution is -0.129. The van der Waals surface area contributed by atoms with Crippen molar-refractivity contribution in [2.24, 2.45) is 0 Å². The lowest BCUT2D eigenvalue weighted by atomic mass is 9.93. The summed E-state index contributed by atoms with van der Waals surface area (Å²) in [4.78, 5) is 25.2. The van der Waals surface area contributed by atoms with Gasteiger partial charge >= 0.3 is 0 Å². The van der Waals surface area contributed by atoms with Crippen LogP contribution >= 0.6 is 0 Å². The average Bonchev–Trinajstić information content (AvgIpc) is 2.45. The highest BCUT2D eigenvalue weighted by molar-refractivity contribution is 5.81. The van der Waals surface area contributed by atoms with Crippen LogP contribution in [0.2, 0.25) is 0 Å². The average molecular weight is 268 g/mol. The number of carbonyl (C=O) groups is 2. The lowest BCUT2D eigenvalue weighted by Gasteiger charge is -2.32. The Morgan fingerprint density at radius 1 is 1.40 bits per heavy atom. The Bertz CT molecular complexity index is 599. The summed E-state index contributed by atoms with van der Waals surface area (Å²) in [6.45, 7) is 1.69. The van der Waals surface area contributed by atoms with Crippen molar-refractivity contribution < 1.29 is 9.59 Å². The third kappa shape index (κ3) is 2.89. The van der Waals surface area contributed by atoms with Gasteiger partial charge in [0.2, 0.25) is 11.8 Å². The number of benzene rings is 1. The molecule has 1 unspecified atom stereocenters. The van der Waals surface area contributed by atoms with E-state index in [1.165, 1.54) is 6.92 Å². The minimum atomic E-state index is -0.286. The molecule has 1 atom stereocenters. The topological polar surface area (TPSA) is 49.4 Å². The zero-order chi connectivity index (χ0) is 14.5. The van der Waals surface area contributed by atoms with E-state index in [1.807, 2.05) is 30.3 Å². The Balaban J connectivity index is 2.26. The standard InChI is InChI=1S/C16H16N2O2/c1-3-9-17-16(20)11-15-14-7-5-4-6-13(14)8-10-18(15)12(2)19/h1,4-8,10,15H,9,11H2,2H3,(H,17,20). The predicted molar refractivity (Wildman–Crippen MR) is 77.2 cm³/mol. The van der Waals surface area contributed by atoms with Gasteiger partial charge in [-0.25, -0.2) is 0 Å².